The Morgan fingerprint density at radius 3 is 2.71 bits per heavy atom. The highest BCUT2D eigenvalue weighted by molar-refractivity contribution is 7.89. The minimum Gasteiger partial charge on any atom is -0.497 e. The van der Waals surface area contributed by atoms with Crippen molar-refractivity contribution >= 4 is 33.1 Å². The predicted octanol–water partition coefficient (Wildman–Crippen LogP) is 2.41. The number of ether oxygens (including phenoxy) is 1. The Kier molecular flexibility index (Phi) is 7.34. The van der Waals surface area contributed by atoms with E-state index in [2.05, 4.69) is 15.6 Å². The van der Waals surface area contributed by atoms with Gasteiger partial charge in [0.2, 0.25) is 10.0 Å². The van der Waals surface area contributed by atoms with Gasteiger partial charge in [-0.1, -0.05) is 0 Å². The van der Waals surface area contributed by atoms with Gasteiger partial charge >= 0.3 is 0 Å². The van der Waals surface area contributed by atoms with Gasteiger partial charge in [0.1, 0.15) is 11.6 Å². The van der Waals surface area contributed by atoms with Gasteiger partial charge in [0.25, 0.3) is 5.91 Å². The first-order valence-corrected chi connectivity index (χ1v) is 11.9. The topological polar surface area (TPSA) is 127 Å². The summed E-state index contributed by atoms with van der Waals surface area (Å²) in [5.41, 5.74) is 7.18. The van der Waals surface area contributed by atoms with Crippen LogP contribution in [0.2, 0.25) is 0 Å². The second-order valence-corrected chi connectivity index (χ2v) is 9.74. The number of nitrogens with zero attached hydrogens (tertiary/aromatic N) is 2. The number of nitrogens with two attached hydrogens (primary N) is 1. The summed E-state index contributed by atoms with van der Waals surface area (Å²) < 4.78 is 31.1. The average molecular weight is 448 g/mol. The lowest BCUT2D eigenvalue weighted by molar-refractivity contribution is 0.100. The fourth-order valence-electron chi connectivity index (χ4n) is 3.57. The first-order chi connectivity index (χ1) is 14.8. The van der Waals surface area contributed by atoms with E-state index in [1.807, 2.05) is 24.3 Å². The van der Waals surface area contributed by atoms with Crippen molar-refractivity contribution in [2.75, 3.05) is 43.1 Å². The predicted molar refractivity (Wildman–Crippen MR) is 121 cm³/mol. The van der Waals surface area contributed by atoms with Gasteiger partial charge in [-0.3, -0.25) is 4.79 Å². The molecule has 1 aromatic heterocycles. The van der Waals surface area contributed by atoms with Crippen LogP contribution in [0.4, 0.5) is 17.2 Å². The number of rotatable bonds is 9. The standard InChI is InChI=1S/C21H29N5O4S/c1-3-31(28,29)26-10-4-5-15(14-26)12-23-19-11-20(24-13-18(19)21(22)27)25-16-6-8-17(30-2)9-7-16/h6-9,11,13,15H,3-5,10,12,14H2,1-2H3,(H2,22,27)(H2,23,24,25). The Hall–Kier alpha value is -2.85. The van der Waals surface area contributed by atoms with Crippen LogP contribution in [0.25, 0.3) is 0 Å². The molecule has 2 aromatic rings. The smallest absolute Gasteiger partial charge is 0.252 e. The van der Waals surface area contributed by atoms with Crippen molar-refractivity contribution in [3.8, 4) is 5.75 Å². The van der Waals surface area contributed by atoms with Crippen LogP contribution >= 0.6 is 0 Å². The maximum absolute atomic E-state index is 12.2. The van der Waals surface area contributed by atoms with E-state index < -0.39 is 15.9 Å². The highest BCUT2D eigenvalue weighted by Gasteiger charge is 2.27. The number of pyridine rings is 1. The molecule has 31 heavy (non-hydrogen) atoms. The highest BCUT2D eigenvalue weighted by atomic mass is 32.2. The maximum Gasteiger partial charge on any atom is 0.252 e. The molecule has 1 saturated heterocycles. The van der Waals surface area contributed by atoms with Crippen molar-refractivity contribution in [2.24, 2.45) is 11.7 Å². The van der Waals surface area contributed by atoms with E-state index in [0.29, 0.717) is 31.1 Å². The van der Waals surface area contributed by atoms with Crippen LogP contribution in [-0.4, -0.2) is 56.1 Å². The second-order valence-electron chi connectivity index (χ2n) is 7.48. The Bertz CT molecular complexity index is 1010. The molecule has 4 N–H and O–H groups in total. The molecule has 0 radical (unpaired) electrons. The molecule has 1 aliphatic rings. The Morgan fingerprint density at radius 1 is 1.32 bits per heavy atom. The van der Waals surface area contributed by atoms with Crippen molar-refractivity contribution in [1.29, 1.82) is 0 Å². The van der Waals surface area contributed by atoms with Crippen LogP contribution in [0.3, 0.4) is 0 Å². The molecule has 0 aliphatic carbocycles. The van der Waals surface area contributed by atoms with Crippen LogP contribution in [0.15, 0.2) is 36.5 Å². The number of sulfonamides is 1. The second kappa shape index (κ2) is 9.97. The van der Waals surface area contributed by atoms with Crippen LogP contribution in [0.1, 0.15) is 30.1 Å². The Labute approximate surface area is 183 Å². The van der Waals surface area contributed by atoms with E-state index in [9.17, 15) is 13.2 Å². The minimum absolute atomic E-state index is 0.101. The molecule has 1 unspecified atom stereocenters. The normalized spacial score (nSPS) is 17.2. The lowest BCUT2D eigenvalue weighted by Gasteiger charge is -2.32. The Balaban J connectivity index is 1.71. The number of hydrogen-bond acceptors (Lipinski definition) is 7. The summed E-state index contributed by atoms with van der Waals surface area (Å²) in [6.45, 7) is 3.22. The molecule has 10 heteroatoms. The molecule has 0 bridgehead atoms. The minimum atomic E-state index is -3.20. The number of methoxy groups -OCH3 is 1. The van der Waals surface area contributed by atoms with E-state index in [1.165, 1.54) is 6.20 Å². The molecule has 1 amide bonds. The summed E-state index contributed by atoms with van der Waals surface area (Å²) >= 11 is 0. The molecule has 1 aliphatic heterocycles. The van der Waals surface area contributed by atoms with E-state index in [4.69, 9.17) is 10.5 Å². The van der Waals surface area contributed by atoms with Crippen molar-refractivity contribution in [1.82, 2.24) is 9.29 Å². The molecule has 0 spiro atoms. The quantitative estimate of drug-likeness (QED) is 0.539. The van der Waals surface area contributed by atoms with Gasteiger partial charge in [0, 0.05) is 37.6 Å². The lowest BCUT2D eigenvalue weighted by atomic mass is 9.99. The number of aromatic nitrogens is 1. The molecular weight excluding hydrogens is 418 g/mol. The average Bonchev–Trinajstić information content (AvgIpc) is 2.78. The van der Waals surface area contributed by atoms with Crippen LogP contribution in [0.5, 0.6) is 5.75 Å². The third-order valence-corrected chi connectivity index (χ3v) is 7.20. The van der Waals surface area contributed by atoms with E-state index in [1.54, 1.807) is 24.4 Å². The van der Waals surface area contributed by atoms with Gasteiger partial charge in [-0.05, 0) is 49.9 Å². The van der Waals surface area contributed by atoms with Crippen molar-refractivity contribution in [2.45, 2.75) is 19.8 Å². The largest absolute Gasteiger partial charge is 0.497 e. The fraction of sp³-hybridized carbons (Fsp3) is 0.429. The number of amides is 1. The number of piperidine rings is 1. The fourth-order valence-corrected chi connectivity index (χ4v) is 4.78. The molecule has 1 fully saturated rings. The monoisotopic (exact) mass is 447 g/mol. The summed E-state index contributed by atoms with van der Waals surface area (Å²) in [7, 11) is -1.60. The zero-order valence-corrected chi connectivity index (χ0v) is 18.6. The Morgan fingerprint density at radius 2 is 2.06 bits per heavy atom. The van der Waals surface area contributed by atoms with Gasteiger partial charge in [-0.15, -0.1) is 0 Å². The van der Waals surface area contributed by atoms with Crippen LogP contribution < -0.4 is 21.1 Å². The van der Waals surface area contributed by atoms with Gasteiger partial charge in [-0.2, -0.15) is 0 Å². The number of carbonyl (C=O) groups excluding carboxylic acids is 1. The molecule has 2 heterocycles. The van der Waals surface area contributed by atoms with Crippen molar-refractivity contribution in [3.63, 3.8) is 0 Å². The number of anilines is 3. The van der Waals surface area contributed by atoms with Crippen molar-refractivity contribution in [3.05, 3.63) is 42.1 Å². The number of primary amides is 1. The zero-order valence-electron chi connectivity index (χ0n) is 17.8. The van der Waals surface area contributed by atoms with E-state index >= 15 is 0 Å². The van der Waals surface area contributed by atoms with E-state index in [0.717, 1.165) is 24.3 Å². The molecule has 1 atom stereocenters. The summed E-state index contributed by atoms with van der Waals surface area (Å²) in [6, 6.07) is 9.12. The molecule has 0 saturated carbocycles. The van der Waals surface area contributed by atoms with Gasteiger partial charge in [-0.25, -0.2) is 17.7 Å². The highest BCUT2D eigenvalue weighted by Crippen LogP contribution is 2.25. The van der Waals surface area contributed by atoms with E-state index in [-0.39, 0.29) is 17.2 Å². The molecule has 168 valence electrons. The van der Waals surface area contributed by atoms with Crippen LogP contribution in [-0.2, 0) is 10.0 Å². The van der Waals surface area contributed by atoms with Gasteiger partial charge in [0.15, 0.2) is 0 Å². The summed E-state index contributed by atoms with van der Waals surface area (Å²) in [6.07, 6.45) is 3.16. The summed E-state index contributed by atoms with van der Waals surface area (Å²) in [4.78, 5) is 16.1. The molecular formula is C21H29N5O4S. The van der Waals surface area contributed by atoms with Gasteiger partial charge < -0.3 is 21.1 Å². The third-order valence-electron chi connectivity index (χ3n) is 5.35. The summed E-state index contributed by atoms with van der Waals surface area (Å²) in [5.74, 6) is 0.962. The van der Waals surface area contributed by atoms with Gasteiger partial charge in [0.05, 0.1) is 24.1 Å². The van der Waals surface area contributed by atoms with Crippen LogP contribution in [0, 0.1) is 5.92 Å². The first-order valence-electron chi connectivity index (χ1n) is 10.2. The number of carbonyl (C=O) groups is 1. The lowest BCUT2D eigenvalue weighted by Crippen LogP contribution is -2.42. The summed E-state index contributed by atoms with van der Waals surface area (Å²) in [5, 5.41) is 6.46. The number of nitrogens with one attached hydrogen (secondary N) is 2. The van der Waals surface area contributed by atoms with Crippen molar-refractivity contribution < 1.29 is 17.9 Å². The third kappa shape index (κ3) is 5.86. The maximum atomic E-state index is 12.2. The molecule has 3 rings (SSSR count). The zero-order chi connectivity index (χ0) is 22.4. The number of hydrogen-bond donors (Lipinski definition) is 3. The SMILES string of the molecule is CCS(=O)(=O)N1CCCC(CNc2cc(Nc3ccc(OC)cc3)ncc2C(N)=O)C1. The molecule has 1 aromatic carbocycles. The molecule has 9 nitrogen and oxygen atoms in total. The number of benzene rings is 1. The first kappa shape index (κ1) is 22.8.